The SMILES string of the molecule is CC1(C)C[C@@H](C(=O)N(CCc2ccccc2)Cc2ccccn2)CCO1. The van der Waals surface area contributed by atoms with Crippen molar-refractivity contribution in [1.29, 1.82) is 0 Å². The largest absolute Gasteiger partial charge is 0.376 e. The Bertz CT molecular complexity index is 701. The van der Waals surface area contributed by atoms with Gasteiger partial charge in [0, 0.05) is 25.3 Å². The van der Waals surface area contributed by atoms with Gasteiger partial charge in [0.05, 0.1) is 17.8 Å². The average molecular weight is 352 g/mol. The fourth-order valence-electron chi connectivity index (χ4n) is 3.56. The van der Waals surface area contributed by atoms with Gasteiger partial charge in [0.15, 0.2) is 0 Å². The first kappa shape index (κ1) is 18.6. The number of amides is 1. The van der Waals surface area contributed by atoms with Crippen molar-refractivity contribution in [2.75, 3.05) is 13.2 Å². The van der Waals surface area contributed by atoms with Crippen LogP contribution < -0.4 is 0 Å². The molecule has 0 saturated carbocycles. The number of aromatic nitrogens is 1. The summed E-state index contributed by atoms with van der Waals surface area (Å²) >= 11 is 0. The van der Waals surface area contributed by atoms with Crippen molar-refractivity contribution in [2.24, 2.45) is 5.92 Å². The molecule has 3 rings (SSSR count). The van der Waals surface area contributed by atoms with E-state index < -0.39 is 0 Å². The number of rotatable bonds is 6. The van der Waals surface area contributed by atoms with Crippen LogP contribution in [0.4, 0.5) is 0 Å². The van der Waals surface area contributed by atoms with Gasteiger partial charge in [-0.2, -0.15) is 0 Å². The molecule has 1 aromatic carbocycles. The molecule has 0 bridgehead atoms. The predicted octanol–water partition coefficient (Wildman–Crippen LogP) is 3.86. The van der Waals surface area contributed by atoms with Crippen LogP contribution in [-0.2, 0) is 22.5 Å². The Morgan fingerprint density at radius 3 is 2.65 bits per heavy atom. The van der Waals surface area contributed by atoms with Crippen LogP contribution >= 0.6 is 0 Å². The number of hydrogen-bond donors (Lipinski definition) is 0. The molecule has 4 nitrogen and oxygen atoms in total. The van der Waals surface area contributed by atoms with Crippen LogP contribution in [-0.4, -0.2) is 34.5 Å². The van der Waals surface area contributed by atoms with Crippen LogP contribution in [0.2, 0.25) is 0 Å². The molecule has 1 saturated heterocycles. The predicted molar refractivity (Wildman–Crippen MR) is 103 cm³/mol. The van der Waals surface area contributed by atoms with Gasteiger partial charge in [0.25, 0.3) is 0 Å². The lowest BCUT2D eigenvalue weighted by atomic mass is 9.87. The van der Waals surface area contributed by atoms with Gasteiger partial charge in [0.1, 0.15) is 0 Å². The minimum absolute atomic E-state index is 0.0261. The first-order valence-electron chi connectivity index (χ1n) is 9.40. The summed E-state index contributed by atoms with van der Waals surface area (Å²) in [6, 6.07) is 16.2. The summed E-state index contributed by atoms with van der Waals surface area (Å²) < 4.78 is 5.79. The van der Waals surface area contributed by atoms with Gasteiger partial charge >= 0.3 is 0 Å². The number of pyridine rings is 1. The first-order valence-corrected chi connectivity index (χ1v) is 9.40. The minimum Gasteiger partial charge on any atom is -0.376 e. The maximum absolute atomic E-state index is 13.3. The van der Waals surface area contributed by atoms with Gasteiger partial charge in [-0.25, -0.2) is 0 Å². The summed E-state index contributed by atoms with van der Waals surface area (Å²) in [5.41, 5.74) is 1.95. The third-order valence-corrected chi connectivity index (χ3v) is 4.95. The molecular weight excluding hydrogens is 324 g/mol. The van der Waals surface area contributed by atoms with Crippen LogP contribution in [0.1, 0.15) is 37.9 Å². The lowest BCUT2D eigenvalue weighted by Crippen LogP contribution is -2.44. The Morgan fingerprint density at radius 2 is 1.96 bits per heavy atom. The zero-order chi connectivity index (χ0) is 18.4. The molecule has 1 aromatic heterocycles. The number of benzene rings is 1. The van der Waals surface area contributed by atoms with E-state index in [1.165, 1.54) is 5.56 Å². The van der Waals surface area contributed by atoms with E-state index >= 15 is 0 Å². The molecule has 138 valence electrons. The molecule has 1 atom stereocenters. The van der Waals surface area contributed by atoms with Gasteiger partial charge in [0.2, 0.25) is 5.91 Å². The maximum atomic E-state index is 13.3. The molecule has 0 spiro atoms. The van der Waals surface area contributed by atoms with E-state index in [4.69, 9.17) is 4.74 Å². The van der Waals surface area contributed by atoms with E-state index in [9.17, 15) is 4.79 Å². The highest BCUT2D eigenvalue weighted by molar-refractivity contribution is 5.79. The molecule has 0 unspecified atom stereocenters. The summed E-state index contributed by atoms with van der Waals surface area (Å²) in [7, 11) is 0. The van der Waals surface area contributed by atoms with E-state index in [0.29, 0.717) is 19.7 Å². The fourth-order valence-corrected chi connectivity index (χ4v) is 3.56. The molecule has 2 aromatic rings. The molecule has 1 amide bonds. The fraction of sp³-hybridized carbons (Fsp3) is 0.455. The second-order valence-electron chi connectivity index (χ2n) is 7.61. The monoisotopic (exact) mass is 352 g/mol. The van der Waals surface area contributed by atoms with Crippen LogP contribution in [0, 0.1) is 5.92 Å². The second-order valence-corrected chi connectivity index (χ2v) is 7.61. The minimum atomic E-state index is -0.228. The van der Waals surface area contributed by atoms with Gasteiger partial charge < -0.3 is 9.64 Å². The van der Waals surface area contributed by atoms with Crippen molar-refractivity contribution in [3.63, 3.8) is 0 Å². The van der Waals surface area contributed by atoms with E-state index in [1.807, 2.05) is 41.3 Å². The molecular formula is C22H28N2O2. The number of carbonyl (C=O) groups is 1. The molecule has 0 radical (unpaired) electrons. The van der Waals surface area contributed by atoms with E-state index in [0.717, 1.165) is 25.0 Å². The summed E-state index contributed by atoms with van der Waals surface area (Å²) in [4.78, 5) is 19.6. The molecule has 1 aliphatic rings. The van der Waals surface area contributed by atoms with Crippen molar-refractivity contribution in [1.82, 2.24) is 9.88 Å². The molecule has 2 heterocycles. The van der Waals surface area contributed by atoms with Crippen LogP contribution in [0.3, 0.4) is 0 Å². The molecule has 26 heavy (non-hydrogen) atoms. The summed E-state index contributed by atoms with van der Waals surface area (Å²) in [6.45, 7) is 6.06. The Kier molecular flexibility index (Phi) is 6.04. The Hall–Kier alpha value is -2.20. The zero-order valence-electron chi connectivity index (χ0n) is 15.7. The number of hydrogen-bond acceptors (Lipinski definition) is 3. The topological polar surface area (TPSA) is 42.4 Å². The third kappa shape index (κ3) is 5.15. The van der Waals surface area contributed by atoms with Crippen molar-refractivity contribution in [3.05, 3.63) is 66.0 Å². The van der Waals surface area contributed by atoms with Gasteiger partial charge in [-0.3, -0.25) is 9.78 Å². The van der Waals surface area contributed by atoms with Gasteiger partial charge in [-0.15, -0.1) is 0 Å². The maximum Gasteiger partial charge on any atom is 0.226 e. The lowest BCUT2D eigenvalue weighted by Gasteiger charge is -2.37. The summed E-state index contributed by atoms with van der Waals surface area (Å²) in [5, 5.41) is 0. The highest BCUT2D eigenvalue weighted by Gasteiger charge is 2.35. The van der Waals surface area contributed by atoms with Crippen molar-refractivity contribution in [3.8, 4) is 0 Å². The summed E-state index contributed by atoms with van der Waals surface area (Å²) in [6.07, 6.45) is 4.21. The summed E-state index contributed by atoms with van der Waals surface area (Å²) in [5.74, 6) is 0.251. The molecule has 1 aliphatic heterocycles. The average Bonchev–Trinajstić information content (AvgIpc) is 2.65. The number of nitrogens with zero attached hydrogens (tertiary/aromatic N) is 2. The molecule has 4 heteroatoms. The Labute approximate surface area is 156 Å². The third-order valence-electron chi connectivity index (χ3n) is 4.95. The highest BCUT2D eigenvalue weighted by atomic mass is 16.5. The second kappa shape index (κ2) is 8.45. The van der Waals surface area contributed by atoms with E-state index in [-0.39, 0.29) is 17.4 Å². The van der Waals surface area contributed by atoms with Crippen molar-refractivity contribution >= 4 is 5.91 Å². The normalized spacial score (nSPS) is 19.1. The Morgan fingerprint density at radius 1 is 1.19 bits per heavy atom. The lowest BCUT2D eigenvalue weighted by molar-refractivity contribution is -0.146. The molecule has 1 fully saturated rings. The van der Waals surface area contributed by atoms with Gasteiger partial charge in [-0.1, -0.05) is 36.4 Å². The van der Waals surface area contributed by atoms with Crippen LogP contribution in [0.5, 0.6) is 0 Å². The van der Waals surface area contributed by atoms with Crippen molar-refractivity contribution in [2.45, 2.75) is 45.3 Å². The molecule has 0 aliphatic carbocycles. The number of carbonyl (C=O) groups excluding carboxylic acids is 1. The molecule has 0 N–H and O–H groups in total. The Balaban J connectivity index is 1.72. The number of ether oxygens (including phenoxy) is 1. The zero-order valence-corrected chi connectivity index (χ0v) is 15.7. The van der Waals surface area contributed by atoms with Crippen molar-refractivity contribution < 1.29 is 9.53 Å². The smallest absolute Gasteiger partial charge is 0.226 e. The van der Waals surface area contributed by atoms with Gasteiger partial charge in [-0.05, 0) is 50.8 Å². The van der Waals surface area contributed by atoms with E-state index in [1.54, 1.807) is 6.20 Å². The standard InChI is InChI=1S/C22H28N2O2/c1-22(2)16-19(12-15-26-22)21(25)24(17-20-10-6-7-13-23-20)14-11-18-8-4-3-5-9-18/h3-10,13,19H,11-12,14-17H2,1-2H3/t19-/m0/s1. The van der Waals surface area contributed by atoms with Crippen LogP contribution in [0.15, 0.2) is 54.7 Å². The van der Waals surface area contributed by atoms with Crippen LogP contribution in [0.25, 0.3) is 0 Å². The van der Waals surface area contributed by atoms with E-state index in [2.05, 4.69) is 31.0 Å². The highest BCUT2D eigenvalue weighted by Crippen LogP contribution is 2.30. The quantitative estimate of drug-likeness (QED) is 0.793. The first-order chi connectivity index (χ1) is 12.5.